The minimum atomic E-state index is -0.755. The molecular weight excluding hydrogens is 292 g/mol. The molecule has 0 unspecified atom stereocenters. The lowest BCUT2D eigenvalue weighted by atomic mass is 9.97. The first-order chi connectivity index (χ1) is 7.84. The van der Waals surface area contributed by atoms with E-state index in [1.54, 1.807) is 0 Å². The van der Waals surface area contributed by atoms with Gasteiger partial charge in [-0.1, -0.05) is 29.8 Å². The van der Waals surface area contributed by atoms with E-state index in [4.69, 9.17) is 0 Å². The van der Waals surface area contributed by atoms with Crippen molar-refractivity contribution in [1.29, 1.82) is 0 Å². The molecule has 1 aromatic carbocycles. The van der Waals surface area contributed by atoms with E-state index in [2.05, 4.69) is 21.2 Å². The molecular formula is C12H14BrF2NO. The molecule has 1 amide bonds. The third-order valence-electron chi connectivity index (χ3n) is 2.21. The molecule has 1 rings (SSSR count). The number of hydrogen-bond acceptors (Lipinski definition) is 1. The molecule has 0 aromatic heterocycles. The molecule has 0 bridgehead atoms. The molecule has 0 aliphatic rings. The number of nitrogens with one attached hydrogen (secondary N) is 1. The van der Waals surface area contributed by atoms with Crippen LogP contribution in [0, 0.1) is 17.0 Å². The molecule has 0 saturated heterocycles. The van der Waals surface area contributed by atoms with Gasteiger partial charge in [0.2, 0.25) is 0 Å². The van der Waals surface area contributed by atoms with Crippen LogP contribution in [0.3, 0.4) is 0 Å². The smallest absolute Gasteiger partial charge is 0.251 e. The quantitative estimate of drug-likeness (QED) is 0.851. The monoisotopic (exact) mass is 305 g/mol. The van der Waals surface area contributed by atoms with Crippen molar-refractivity contribution in [2.75, 3.05) is 11.9 Å². The molecule has 2 nitrogen and oxygen atoms in total. The zero-order chi connectivity index (χ0) is 13.1. The first-order valence-electron chi connectivity index (χ1n) is 5.14. The Bertz CT molecular complexity index is 401. The molecule has 0 heterocycles. The summed E-state index contributed by atoms with van der Waals surface area (Å²) in [7, 11) is 0. The summed E-state index contributed by atoms with van der Waals surface area (Å²) in [5, 5.41) is 3.36. The van der Waals surface area contributed by atoms with E-state index in [1.165, 1.54) is 0 Å². The van der Waals surface area contributed by atoms with E-state index >= 15 is 0 Å². The highest BCUT2D eigenvalue weighted by Gasteiger charge is 2.18. The summed E-state index contributed by atoms with van der Waals surface area (Å²) in [5.41, 5.74) is -0.116. The van der Waals surface area contributed by atoms with Crippen molar-refractivity contribution in [3.05, 3.63) is 35.4 Å². The van der Waals surface area contributed by atoms with Crippen LogP contribution in [0.1, 0.15) is 24.2 Å². The second-order valence-electron chi connectivity index (χ2n) is 4.64. The highest BCUT2D eigenvalue weighted by Crippen LogP contribution is 2.16. The van der Waals surface area contributed by atoms with Crippen LogP contribution in [-0.4, -0.2) is 17.8 Å². The number of alkyl halides is 1. The summed E-state index contributed by atoms with van der Waals surface area (Å²) >= 11 is 3.33. The zero-order valence-corrected chi connectivity index (χ0v) is 11.3. The number of amides is 1. The molecule has 5 heteroatoms. The van der Waals surface area contributed by atoms with Crippen molar-refractivity contribution in [2.45, 2.75) is 13.8 Å². The van der Waals surface area contributed by atoms with Crippen LogP contribution in [0.5, 0.6) is 0 Å². The second-order valence-corrected chi connectivity index (χ2v) is 5.20. The van der Waals surface area contributed by atoms with Gasteiger partial charge in [0, 0.05) is 23.5 Å². The predicted octanol–water partition coefficient (Wildman–Crippen LogP) is 3.12. The minimum absolute atomic E-state index is 0.00660. The predicted molar refractivity (Wildman–Crippen MR) is 66.3 cm³/mol. The second kappa shape index (κ2) is 5.58. The summed E-state index contributed by atoms with van der Waals surface area (Å²) in [6, 6.07) is 2.76. The standard InChI is InChI=1S/C12H14BrF2NO/c1-12(2,6-13)7-16-11(17)8-3-9(14)5-10(15)4-8/h3-5H,6-7H2,1-2H3,(H,16,17). The number of benzene rings is 1. The van der Waals surface area contributed by atoms with Crippen LogP contribution in [0.4, 0.5) is 8.78 Å². The summed E-state index contributed by atoms with van der Waals surface area (Å²) in [6.45, 7) is 4.36. The summed E-state index contributed by atoms with van der Waals surface area (Å²) in [5.74, 6) is -1.98. The van der Waals surface area contributed by atoms with Crippen molar-refractivity contribution in [3.63, 3.8) is 0 Å². The van der Waals surface area contributed by atoms with Crippen LogP contribution in [0.2, 0.25) is 0 Å². The van der Waals surface area contributed by atoms with Gasteiger partial charge < -0.3 is 5.32 Å². The average Bonchev–Trinajstić information content (AvgIpc) is 2.24. The lowest BCUT2D eigenvalue weighted by molar-refractivity contribution is 0.0939. The largest absolute Gasteiger partial charge is 0.351 e. The Balaban J connectivity index is 2.70. The SMILES string of the molecule is CC(C)(CBr)CNC(=O)c1cc(F)cc(F)c1. The topological polar surface area (TPSA) is 29.1 Å². The van der Waals surface area contributed by atoms with E-state index in [0.29, 0.717) is 6.54 Å². The molecule has 17 heavy (non-hydrogen) atoms. The Morgan fingerprint density at radius 1 is 1.29 bits per heavy atom. The molecule has 0 aliphatic carbocycles. The highest BCUT2D eigenvalue weighted by atomic mass is 79.9. The highest BCUT2D eigenvalue weighted by molar-refractivity contribution is 9.09. The normalized spacial score (nSPS) is 11.4. The Morgan fingerprint density at radius 3 is 2.29 bits per heavy atom. The van der Waals surface area contributed by atoms with Gasteiger partial charge in [-0.15, -0.1) is 0 Å². The van der Waals surface area contributed by atoms with E-state index < -0.39 is 17.5 Å². The molecule has 0 fully saturated rings. The Labute approximate surface area is 108 Å². The van der Waals surface area contributed by atoms with Crippen LogP contribution in [-0.2, 0) is 0 Å². The first-order valence-corrected chi connectivity index (χ1v) is 6.26. The molecule has 1 N–H and O–H groups in total. The van der Waals surface area contributed by atoms with Gasteiger partial charge in [0.1, 0.15) is 11.6 Å². The fraction of sp³-hybridized carbons (Fsp3) is 0.417. The number of carbonyl (C=O) groups is 1. The lowest BCUT2D eigenvalue weighted by Crippen LogP contribution is -2.34. The van der Waals surface area contributed by atoms with Gasteiger partial charge in [0.25, 0.3) is 5.91 Å². The summed E-state index contributed by atoms with van der Waals surface area (Å²) in [4.78, 5) is 11.7. The van der Waals surface area contributed by atoms with Crippen molar-refractivity contribution in [3.8, 4) is 0 Å². The Morgan fingerprint density at radius 2 is 1.82 bits per heavy atom. The summed E-state index contributed by atoms with van der Waals surface area (Å²) in [6.07, 6.45) is 0. The molecule has 0 spiro atoms. The first kappa shape index (κ1) is 14.1. The van der Waals surface area contributed by atoms with Crippen molar-refractivity contribution in [1.82, 2.24) is 5.32 Å². The molecule has 1 aromatic rings. The maximum absolute atomic E-state index is 12.9. The van der Waals surface area contributed by atoms with Gasteiger partial charge in [-0.05, 0) is 17.5 Å². The van der Waals surface area contributed by atoms with E-state index in [-0.39, 0.29) is 11.0 Å². The van der Waals surface area contributed by atoms with Gasteiger partial charge in [0.15, 0.2) is 0 Å². The minimum Gasteiger partial charge on any atom is -0.351 e. The van der Waals surface area contributed by atoms with E-state index in [1.807, 2.05) is 13.8 Å². The average molecular weight is 306 g/mol. The maximum Gasteiger partial charge on any atom is 0.251 e. The van der Waals surface area contributed by atoms with E-state index in [9.17, 15) is 13.6 Å². The van der Waals surface area contributed by atoms with Crippen LogP contribution in [0.25, 0.3) is 0 Å². The molecule has 0 saturated carbocycles. The Hall–Kier alpha value is -0.970. The molecule has 0 radical (unpaired) electrons. The van der Waals surface area contributed by atoms with Crippen molar-refractivity contribution < 1.29 is 13.6 Å². The van der Waals surface area contributed by atoms with Crippen molar-refractivity contribution in [2.24, 2.45) is 5.41 Å². The number of halogens is 3. The fourth-order valence-electron chi connectivity index (χ4n) is 1.15. The fourth-order valence-corrected chi connectivity index (χ4v) is 1.35. The van der Waals surface area contributed by atoms with Gasteiger partial charge >= 0.3 is 0 Å². The Kier molecular flexibility index (Phi) is 4.62. The van der Waals surface area contributed by atoms with Gasteiger partial charge in [-0.3, -0.25) is 4.79 Å². The number of carbonyl (C=O) groups excluding carboxylic acids is 1. The molecule has 0 aliphatic heterocycles. The summed E-state index contributed by atoms with van der Waals surface area (Å²) < 4.78 is 25.8. The molecule has 0 atom stereocenters. The molecule has 94 valence electrons. The third kappa shape index (κ3) is 4.42. The lowest BCUT2D eigenvalue weighted by Gasteiger charge is -2.21. The third-order valence-corrected chi connectivity index (χ3v) is 3.73. The van der Waals surface area contributed by atoms with Gasteiger partial charge in [-0.2, -0.15) is 0 Å². The van der Waals surface area contributed by atoms with Gasteiger partial charge in [-0.25, -0.2) is 8.78 Å². The van der Waals surface area contributed by atoms with Gasteiger partial charge in [0.05, 0.1) is 0 Å². The zero-order valence-electron chi connectivity index (χ0n) is 9.69. The van der Waals surface area contributed by atoms with Crippen molar-refractivity contribution >= 4 is 21.8 Å². The maximum atomic E-state index is 12.9. The van der Waals surface area contributed by atoms with Crippen LogP contribution < -0.4 is 5.32 Å². The van der Waals surface area contributed by atoms with E-state index in [0.717, 1.165) is 23.5 Å². The number of rotatable bonds is 4. The van der Waals surface area contributed by atoms with Crippen LogP contribution >= 0.6 is 15.9 Å². The van der Waals surface area contributed by atoms with Crippen LogP contribution in [0.15, 0.2) is 18.2 Å². The number of hydrogen-bond donors (Lipinski definition) is 1.